The summed E-state index contributed by atoms with van der Waals surface area (Å²) in [4.78, 5) is 11.8. The van der Waals surface area contributed by atoms with Gasteiger partial charge in [0.15, 0.2) is 5.75 Å². The van der Waals surface area contributed by atoms with Gasteiger partial charge in [0.2, 0.25) is 5.91 Å². The molecule has 24 heavy (non-hydrogen) atoms. The normalized spacial score (nSPS) is 15.6. The molecule has 1 aliphatic rings. The largest absolute Gasteiger partial charge is 0.493 e. The first kappa shape index (κ1) is 18.2. The Morgan fingerprint density at radius 2 is 2.04 bits per heavy atom. The molecule has 0 bridgehead atoms. The fourth-order valence-electron chi connectivity index (χ4n) is 2.13. The van der Waals surface area contributed by atoms with Crippen LogP contribution in [0.15, 0.2) is 39.9 Å². The topological polar surface area (TPSA) is 102 Å². The van der Waals surface area contributed by atoms with E-state index in [-0.39, 0.29) is 17.6 Å². The Hall–Kier alpha value is -2.15. The molecule has 0 aromatic heterocycles. The lowest BCUT2D eigenvalue weighted by Crippen LogP contribution is -2.29. The number of methoxy groups -OCH3 is 1. The molecule has 0 heterocycles. The van der Waals surface area contributed by atoms with Crippen LogP contribution in [0.4, 0.5) is 5.69 Å². The van der Waals surface area contributed by atoms with E-state index in [4.69, 9.17) is 16.2 Å². The van der Waals surface area contributed by atoms with E-state index in [2.05, 4.69) is 26.6 Å². The minimum absolute atomic E-state index is 0.0477. The number of carbonyl (C=O) groups excluding carboxylic acids is 1. The molecular weight excluding hydrogens is 372 g/mol. The maximum absolute atomic E-state index is 11.8. The van der Waals surface area contributed by atoms with Crippen LogP contribution in [0.25, 0.3) is 0 Å². The number of rotatable bonds is 6. The molecule has 0 radical (unpaired) electrons. The summed E-state index contributed by atoms with van der Waals surface area (Å²) in [5.74, 6) is 0.963. The van der Waals surface area contributed by atoms with E-state index < -0.39 is 0 Å². The second-order valence-corrected chi connectivity index (χ2v) is 6.66. The van der Waals surface area contributed by atoms with Crippen LogP contribution in [-0.4, -0.2) is 13.0 Å². The van der Waals surface area contributed by atoms with E-state index in [1.54, 1.807) is 20.1 Å². The molecule has 0 atom stereocenters. The number of hydrogen-bond acceptors (Lipinski definition) is 5. The van der Waals surface area contributed by atoms with Crippen LogP contribution in [0, 0.1) is 12.8 Å². The van der Waals surface area contributed by atoms with E-state index in [0.29, 0.717) is 17.1 Å². The number of amides is 1. The first-order valence-electron chi connectivity index (χ1n) is 7.68. The smallest absolute Gasteiger partial charge is 0.228 e. The number of ether oxygens (including phenoxy) is 1. The summed E-state index contributed by atoms with van der Waals surface area (Å²) in [6.45, 7) is 3.73. The van der Waals surface area contributed by atoms with Gasteiger partial charge in [0.05, 0.1) is 23.0 Å². The average Bonchev–Trinajstić information content (AvgIpc) is 3.35. The molecule has 0 saturated heterocycles. The van der Waals surface area contributed by atoms with Crippen molar-refractivity contribution in [3.63, 3.8) is 0 Å². The summed E-state index contributed by atoms with van der Waals surface area (Å²) in [6, 6.07) is 3.86. The molecule has 1 aromatic carbocycles. The number of nitrogens with two attached hydrogens (primary N) is 2. The number of allylic oxidation sites excluding steroid dienone is 2. The SMILES string of the molecule is COc1c(NC(/C=C(\N)NC(=O)C2CC2)=C(\C)N)ccc(C)c1Br. The van der Waals surface area contributed by atoms with Gasteiger partial charge in [-0.1, -0.05) is 6.07 Å². The van der Waals surface area contributed by atoms with Gasteiger partial charge < -0.3 is 26.8 Å². The van der Waals surface area contributed by atoms with Gasteiger partial charge in [0, 0.05) is 17.7 Å². The third-order valence-corrected chi connectivity index (χ3v) is 4.69. The Morgan fingerprint density at radius 1 is 1.38 bits per heavy atom. The van der Waals surface area contributed by atoms with Crippen molar-refractivity contribution in [2.24, 2.45) is 17.4 Å². The van der Waals surface area contributed by atoms with Gasteiger partial charge in [-0.25, -0.2) is 0 Å². The predicted molar refractivity (Wildman–Crippen MR) is 99.1 cm³/mol. The maximum Gasteiger partial charge on any atom is 0.228 e. The predicted octanol–water partition coefficient (Wildman–Crippen LogP) is 2.69. The monoisotopic (exact) mass is 394 g/mol. The highest BCUT2D eigenvalue weighted by molar-refractivity contribution is 9.10. The molecular formula is C17H23BrN4O2. The van der Waals surface area contributed by atoms with Crippen LogP contribution < -0.4 is 26.8 Å². The summed E-state index contributed by atoms with van der Waals surface area (Å²) in [5.41, 5.74) is 14.8. The van der Waals surface area contributed by atoms with Crippen LogP contribution in [-0.2, 0) is 4.79 Å². The number of benzene rings is 1. The fraction of sp³-hybridized carbons (Fsp3) is 0.353. The molecule has 0 spiro atoms. The lowest BCUT2D eigenvalue weighted by atomic mass is 10.2. The Labute approximate surface area is 150 Å². The van der Waals surface area contributed by atoms with Gasteiger partial charge in [0.25, 0.3) is 0 Å². The molecule has 6 N–H and O–H groups in total. The quantitative estimate of drug-likeness (QED) is 0.555. The summed E-state index contributed by atoms with van der Waals surface area (Å²) in [6.07, 6.45) is 3.46. The van der Waals surface area contributed by atoms with E-state index >= 15 is 0 Å². The minimum Gasteiger partial charge on any atom is -0.493 e. The third kappa shape index (κ3) is 4.44. The van der Waals surface area contributed by atoms with E-state index in [9.17, 15) is 4.79 Å². The Kier molecular flexibility index (Phi) is 5.77. The lowest BCUT2D eigenvalue weighted by Gasteiger charge is -2.16. The zero-order valence-corrected chi connectivity index (χ0v) is 15.7. The maximum atomic E-state index is 11.8. The number of nitrogens with one attached hydrogen (secondary N) is 2. The molecule has 1 saturated carbocycles. The van der Waals surface area contributed by atoms with E-state index in [0.717, 1.165) is 28.6 Å². The highest BCUT2D eigenvalue weighted by atomic mass is 79.9. The molecule has 1 aliphatic carbocycles. The molecule has 1 fully saturated rings. The molecule has 6 nitrogen and oxygen atoms in total. The minimum atomic E-state index is -0.0477. The van der Waals surface area contributed by atoms with Crippen LogP contribution in [0.3, 0.4) is 0 Å². The third-order valence-electron chi connectivity index (χ3n) is 3.70. The van der Waals surface area contributed by atoms with Crippen molar-refractivity contribution >= 4 is 27.5 Å². The van der Waals surface area contributed by atoms with Gasteiger partial charge in [-0.15, -0.1) is 0 Å². The Balaban J connectivity index is 2.22. The molecule has 2 rings (SSSR count). The standard InChI is InChI=1S/C17H23BrN4O2/c1-9-4-7-12(16(24-3)15(9)18)21-13(10(2)19)8-14(20)22-17(23)11-5-6-11/h4,7-8,11,21H,5-6,19-20H2,1-3H3,(H,22,23)/b13-10+,14-8+. The Bertz CT molecular complexity index is 705. The van der Waals surface area contributed by atoms with Crippen molar-refractivity contribution in [3.8, 4) is 5.75 Å². The summed E-state index contributed by atoms with van der Waals surface area (Å²) in [7, 11) is 1.60. The number of hydrogen-bond donors (Lipinski definition) is 4. The number of anilines is 1. The van der Waals surface area contributed by atoms with Crippen molar-refractivity contribution in [1.82, 2.24) is 5.32 Å². The van der Waals surface area contributed by atoms with Crippen molar-refractivity contribution in [2.75, 3.05) is 12.4 Å². The number of halogens is 1. The van der Waals surface area contributed by atoms with Crippen LogP contribution in [0.2, 0.25) is 0 Å². The first-order valence-corrected chi connectivity index (χ1v) is 8.47. The highest BCUT2D eigenvalue weighted by Crippen LogP contribution is 2.36. The zero-order chi connectivity index (χ0) is 17.9. The van der Waals surface area contributed by atoms with Crippen LogP contribution >= 0.6 is 15.9 Å². The summed E-state index contributed by atoms with van der Waals surface area (Å²) in [5, 5.41) is 5.90. The fourth-order valence-corrected chi connectivity index (χ4v) is 2.64. The second-order valence-electron chi connectivity index (χ2n) is 5.86. The first-order chi connectivity index (χ1) is 11.3. The van der Waals surface area contributed by atoms with Crippen LogP contribution in [0.1, 0.15) is 25.3 Å². The summed E-state index contributed by atoms with van der Waals surface area (Å²) >= 11 is 3.52. The highest BCUT2D eigenvalue weighted by Gasteiger charge is 2.29. The van der Waals surface area contributed by atoms with Crippen molar-refractivity contribution < 1.29 is 9.53 Å². The molecule has 130 valence electrons. The van der Waals surface area contributed by atoms with Gasteiger partial charge in [0.1, 0.15) is 5.82 Å². The van der Waals surface area contributed by atoms with Crippen molar-refractivity contribution in [1.29, 1.82) is 0 Å². The van der Waals surface area contributed by atoms with Gasteiger partial charge in [-0.2, -0.15) is 0 Å². The summed E-state index contributed by atoms with van der Waals surface area (Å²) < 4.78 is 6.32. The number of carbonyl (C=O) groups is 1. The molecule has 0 unspecified atom stereocenters. The molecule has 7 heteroatoms. The van der Waals surface area contributed by atoms with Crippen molar-refractivity contribution in [2.45, 2.75) is 26.7 Å². The zero-order valence-electron chi connectivity index (χ0n) is 14.1. The molecule has 0 aliphatic heterocycles. The van der Waals surface area contributed by atoms with E-state index in [1.165, 1.54) is 0 Å². The number of aryl methyl sites for hydroxylation is 1. The van der Waals surface area contributed by atoms with Gasteiger partial charge >= 0.3 is 0 Å². The van der Waals surface area contributed by atoms with Crippen molar-refractivity contribution in [3.05, 3.63) is 45.5 Å². The average molecular weight is 395 g/mol. The Morgan fingerprint density at radius 3 is 2.58 bits per heavy atom. The lowest BCUT2D eigenvalue weighted by molar-refractivity contribution is -0.121. The second kappa shape index (κ2) is 7.61. The molecule has 1 amide bonds. The van der Waals surface area contributed by atoms with Gasteiger partial charge in [-0.05, 0) is 54.2 Å². The van der Waals surface area contributed by atoms with Gasteiger partial charge in [-0.3, -0.25) is 4.79 Å². The van der Waals surface area contributed by atoms with Crippen LogP contribution in [0.5, 0.6) is 5.75 Å². The molecule has 1 aromatic rings. The van der Waals surface area contributed by atoms with E-state index in [1.807, 2.05) is 19.1 Å².